The van der Waals surface area contributed by atoms with E-state index in [-0.39, 0.29) is 11.7 Å². The van der Waals surface area contributed by atoms with Gasteiger partial charge in [-0.15, -0.1) is 0 Å². The van der Waals surface area contributed by atoms with Crippen molar-refractivity contribution < 1.29 is 28.3 Å². The number of amides is 2. The Labute approximate surface area is 120 Å². The summed E-state index contributed by atoms with van der Waals surface area (Å²) >= 11 is 0. The number of carboxylic acid groups (broad SMARTS) is 1. The fourth-order valence-electron chi connectivity index (χ4n) is 1.58. The molecule has 0 aliphatic carbocycles. The number of hydrogen-bond donors (Lipinski definition) is 3. The zero-order chi connectivity index (χ0) is 16.0. The second-order valence-electron chi connectivity index (χ2n) is 4.73. The Kier molecular flexibility index (Phi) is 5.89. The predicted molar refractivity (Wildman–Crippen MR) is 70.3 cm³/mol. The summed E-state index contributed by atoms with van der Waals surface area (Å²) in [5.41, 5.74) is 0. The lowest BCUT2D eigenvalue weighted by Gasteiger charge is -2.22. The molecule has 0 spiro atoms. The number of carboxylic acids is 1. The highest BCUT2D eigenvalue weighted by atomic mass is 19.1. The Morgan fingerprint density at radius 3 is 2.43 bits per heavy atom. The van der Waals surface area contributed by atoms with Gasteiger partial charge >= 0.3 is 5.97 Å². The van der Waals surface area contributed by atoms with E-state index >= 15 is 0 Å². The maximum atomic E-state index is 12.5. The van der Waals surface area contributed by atoms with E-state index in [1.807, 2.05) is 5.32 Å². The predicted octanol–water partition coefficient (Wildman–Crippen LogP) is 0.573. The Morgan fingerprint density at radius 2 is 2.00 bits per heavy atom. The molecule has 3 N–H and O–H groups in total. The standard InChI is InChI=1S/C13H17FN2O5/c1-7(2)10(12(18)15-8(6-14)13(19)20)16-11(17)9-4-3-5-21-9/h3-5,7-8,10H,6H2,1-2H3,(H,15,18)(H,16,17)(H,19,20). The first-order chi connectivity index (χ1) is 9.86. The number of carbonyl (C=O) groups is 3. The van der Waals surface area contributed by atoms with E-state index in [0.29, 0.717) is 0 Å². The number of carbonyl (C=O) groups excluding carboxylic acids is 2. The average molecular weight is 300 g/mol. The highest BCUT2D eigenvalue weighted by Gasteiger charge is 2.29. The SMILES string of the molecule is CC(C)C(NC(=O)c1ccco1)C(=O)NC(CF)C(=O)O. The Bertz CT molecular complexity index is 501. The van der Waals surface area contributed by atoms with Gasteiger partial charge in [-0.25, -0.2) is 9.18 Å². The van der Waals surface area contributed by atoms with E-state index in [2.05, 4.69) is 5.32 Å². The van der Waals surface area contributed by atoms with E-state index < -0.39 is 36.5 Å². The molecule has 0 aliphatic heterocycles. The van der Waals surface area contributed by atoms with E-state index in [4.69, 9.17) is 9.52 Å². The molecule has 0 fully saturated rings. The summed E-state index contributed by atoms with van der Waals surface area (Å²) in [7, 11) is 0. The lowest BCUT2D eigenvalue weighted by Crippen LogP contribution is -2.54. The van der Waals surface area contributed by atoms with Crippen LogP contribution in [0, 0.1) is 5.92 Å². The highest BCUT2D eigenvalue weighted by Crippen LogP contribution is 2.06. The van der Waals surface area contributed by atoms with Crippen LogP contribution in [-0.4, -0.2) is 41.6 Å². The number of nitrogens with one attached hydrogen (secondary N) is 2. The maximum absolute atomic E-state index is 12.5. The van der Waals surface area contributed by atoms with Gasteiger partial charge in [0.05, 0.1) is 6.26 Å². The summed E-state index contributed by atoms with van der Waals surface area (Å²) in [4.78, 5) is 34.5. The summed E-state index contributed by atoms with van der Waals surface area (Å²) in [6.45, 7) is 2.09. The topological polar surface area (TPSA) is 109 Å². The largest absolute Gasteiger partial charge is 0.480 e. The van der Waals surface area contributed by atoms with Gasteiger partial charge in [-0.05, 0) is 18.1 Å². The molecular formula is C13H17FN2O5. The van der Waals surface area contributed by atoms with Gasteiger partial charge in [-0.2, -0.15) is 0 Å². The lowest BCUT2D eigenvalue weighted by atomic mass is 10.0. The van der Waals surface area contributed by atoms with Crippen molar-refractivity contribution in [1.82, 2.24) is 10.6 Å². The molecule has 2 unspecified atom stereocenters. The van der Waals surface area contributed by atoms with E-state index in [1.54, 1.807) is 13.8 Å². The van der Waals surface area contributed by atoms with Crippen molar-refractivity contribution in [2.75, 3.05) is 6.67 Å². The molecule has 1 rings (SSSR count). The van der Waals surface area contributed by atoms with Crippen LogP contribution in [0.2, 0.25) is 0 Å². The second kappa shape index (κ2) is 7.41. The number of halogens is 1. The molecule has 7 nitrogen and oxygen atoms in total. The van der Waals surface area contributed by atoms with Crippen LogP contribution < -0.4 is 10.6 Å². The third kappa shape index (κ3) is 4.59. The molecule has 1 heterocycles. The van der Waals surface area contributed by atoms with Gasteiger partial charge in [0.15, 0.2) is 11.8 Å². The number of aliphatic carboxylic acids is 1. The number of hydrogen-bond acceptors (Lipinski definition) is 4. The first kappa shape index (κ1) is 16.7. The molecule has 8 heteroatoms. The zero-order valence-electron chi connectivity index (χ0n) is 11.6. The molecule has 0 aliphatic rings. The van der Waals surface area contributed by atoms with Crippen LogP contribution in [0.3, 0.4) is 0 Å². The van der Waals surface area contributed by atoms with Gasteiger partial charge < -0.3 is 20.2 Å². The van der Waals surface area contributed by atoms with Crippen molar-refractivity contribution in [2.24, 2.45) is 5.92 Å². The number of furan rings is 1. The van der Waals surface area contributed by atoms with Crippen molar-refractivity contribution in [3.63, 3.8) is 0 Å². The van der Waals surface area contributed by atoms with Crippen LogP contribution in [0.4, 0.5) is 4.39 Å². The van der Waals surface area contributed by atoms with Crippen LogP contribution in [-0.2, 0) is 9.59 Å². The van der Waals surface area contributed by atoms with Crippen LogP contribution in [0.25, 0.3) is 0 Å². The minimum Gasteiger partial charge on any atom is -0.480 e. The van der Waals surface area contributed by atoms with Gasteiger partial charge in [0.2, 0.25) is 5.91 Å². The molecule has 0 saturated carbocycles. The van der Waals surface area contributed by atoms with Gasteiger partial charge in [0.25, 0.3) is 5.91 Å². The monoisotopic (exact) mass is 300 g/mol. The third-order valence-electron chi connectivity index (χ3n) is 2.75. The summed E-state index contributed by atoms with van der Waals surface area (Å²) in [5.74, 6) is -3.16. The first-order valence-electron chi connectivity index (χ1n) is 6.30. The van der Waals surface area contributed by atoms with Gasteiger partial charge in [-0.3, -0.25) is 9.59 Å². The van der Waals surface area contributed by atoms with Crippen molar-refractivity contribution in [3.05, 3.63) is 24.2 Å². The van der Waals surface area contributed by atoms with Crippen molar-refractivity contribution in [2.45, 2.75) is 25.9 Å². The molecule has 0 bridgehead atoms. The van der Waals surface area contributed by atoms with Crippen molar-refractivity contribution in [3.8, 4) is 0 Å². The summed E-state index contributed by atoms with van der Waals surface area (Å²) < 4.78 is 17.4. The highest BCUT2D eigenvalue weighted by molar-refractivity contribution is 5.96. The van der Waals surface area contributed by atoms with Crippen LogP contribution in [0.1, 0.15) is 24.4 Å². The molecule has 1 aromatic heterocycles. The third-order valence-corrected chi connectivity index (χ3v) is 2.75. The molecule has 2 atom stereocenters. The molecule has 0 radical (unpaired) electrons. The quantitative estimate of drug-likeness (QED) is 0.682. The lowest BCUT2D eigenvalue weighted by molar-refractivity contribution is -0.142. The van der Waals surface area contributed by atoms with Crippen molar-refractivity contribution >= 4 is 17.8 Å². The fraction of sp³-hybridized carbons (Fsp3) is 0.462. The summed E-state index contributed by atoms with van der Waals surface area (Å²) in [6.07, 6.45) is 1.31. The molecule has 0 saturated heterocycles. The second-order valence-corrected chi connectivity index (χ2v) is 4.73. The van der Waals surface area contributed by atoms with E-state index in [0.717, 1.165) is 0 Å². The number of alkyl halides is 1. The molecule has 0 aromatic carbocycles. The van der Waals surface area contributed by atoms with Gasteiger partial charge in [-0.1, -0.05) is 13.8 Å². The molecule has 116 valence electrons. The van der Waals surface area contributed by atoms with Crippen molar-refractivity contribution in [1.29, 1.82) is 0 Å². The smallest absolute Gasteiger partial charge is 0.328 e. The van der Waals surface area contributed by atoms with Gasteiger partial charge in [0.1, 0.15) is 12.7 Å². The summed E-state index contributed by atoms with van der Waals surface area (Å²) in [6, 6.07) is 0.296. The maximum Gasteiger partial charge on any atom is 0.328 e. The Balaban J connectivity index is 2.75. The molecule has 21 heavy (non-hydrogen) atoms. The van der Waals surface area contributed by atoms with Crippen LogP contribution in [0.5, 0.6) is 0 Å². The Hall–Kier alpha value is -2.38. The minimum atomic E-state index is -1.64. The summed E-state index contributed by atoms with van der Waals surface area (Å²) in [5, 5.41) is 13.2. The first-order valence-corrected chi connectivity index (χ1v) is 6.30. The van der Waals surface area contributed by atoms with E-state index in [1.165, 1.54) is 18.4 Å². The average Bonchev–Trinajstić information content (AvgIpc) is 2.94. The molecular weight excluding hydrogens is 283 g/mol. The zero-order valence-corrected chi connectivity index (χ0v) is 11.6. The number of rotatable bonds is 7. The van der Waals surface area contributed by atoms with E-state index in [9.17, 15) is 18.8 Å². The fourth-order valence-corrected chi connectivity index (χ4v) is 1.58. The minimum absolute atomic E-state index is 0.0220. The van der Waals surface area contributed by atoms with Crippen LogP contribution >= 0.6 is 0 Å². The molecule has 2 amide bonds. The molecule has 1 aromatic rings. The normalized spacial score (nSPS) is 13.5. The Morgan fingerprint density at radius 1 is 1.33 bits per heavy atom. The van der Waals surface area contributed by atoms with Crippen LogP contribution in [0.15, 0.2) is 22.8 Å². The van der Waals surface area contributed by atoms with Gasteiger partial charge in [0, 0.05) is 0 Å².